The topological polar surface area (TPSA) is 91.4 Å². The van der Waals surface area contributed by atoms with Crippen LogP contribution >= 0.6 is 12.4 Å². The standard InChI is InChI=1S/C25H18N4O3.ClH/c30-22-14-23(31)29(21-12-7-16-4-1-2-6-20(16)24(21)28-22)19-10-8-18(9-11-19)27-25(32)17-5-3-13-26-15-17;/h1-13,15H,14H2,(H,27,32)(H,28,30);1H. The van der Waals surface area contributed by atoms with Gasteiger partial charge in [-0.3, -0.25) is 24.3 Å². The molecule has 0 aliphatic carbocycles. The fraction of sp³-hybridized carbons (Fsp3) is 0.0400. The van der Waals surface area contributed by atoms with Crippen molar-refractivity contribution in [1.82, 2.24) is 4.98 Å². The highest BCUT2D eigenvalue weighted by atomic mass is 35.5. The Morgan fingerprint density at radius 3 is 2.48 bits per heavy atom. The Morgan fingerprint density at radius 1 is 0.939 bits per heavy atom. The lowest BCUT2D eigenvalue weighted by Crippen LogP contribution is -2.26. The maximum atomic E-state index is 13.0. The van der Waals surface area contributed by atoms with E-state index in [0.717, 1.165) is 10.8 Å². The average Bonchev–Trinajstić information content (AvgIpc) is 2.95. The molecule has 33 heavy (non-hydrogen) atoms. The van der Waals surface area contributed by atoms with Gasteiger partial charge in [0.1, 0.15) is 6.42 Å². The van der Waals surface area contributed by atoms with Crippen LogP contribution in [0.1, 0.15) is 16.8 Å². The summed E-state index contributed by atoms with van der Waals surface area (Å²) >= 11 is 0. The van der Waals surface area contributed by atoms with Crippen LogP contribution in [0.3, 0.4) is 0 Å². The number of hydrogen-bond acceptors (Lipinski definition) is 4. The Bertz CT molecular complexity index is 1360. The molecule has 0 saturated heterocycles. The summed E-state index contributed by atoms with van der Waals surface area (Å²) in [5, 5.41) is 7.53. The summed E-state index contributed by atoms with van der Waals surface area (Å²) in [7, 11) is 0. The Kier molecular flexibility index (Phi) is 6.06. The minimum Gasteiger partial charge on any atom is -0.323 e. The lowest BCUT2D eigenvalue weighted by Gasteiger charge is -2.23. The number of nitrogens with one attached hydrogen (secondary N) is 2. The van der Waals surface area contributed by atoms with Crippen LogP contribution in [0.25, 0.3) is 10.8 Å². The van der Waals surface area contributed by atoms with Gasteiger partial charge in [0.15, 0.2) is 0 Å². The van der Waals surface area contributed by atoms with Crippen molar-refractivity contribution in [3.63, 3.8) is 0 Å². The van der Waals surface area contributed by atoms with Crippen molar-refractivity contribution in [2.75, 3.05) is 15.5 Å². The Balaban J connectivity index is 0.00000259. The highest BCUT2D eigenvalue weighted by Gasteiger charge is 2.28. The number of amides is 3. The van der Waals surface area contributed by atoms with E-state index in [-0.39, 0.29) is 36.5 Å². The molecular weight excluding hydrogens is 440 g/mol. The van der Waals surface area contributed by atoms with Crippen LogP contribution in [-0.4, -0.2) is 22.7 Å². The number of halogens is 1. The molecule has 7 nitrogen and oxygen atoms in total. The zero-order valence-corrected chi connectivity index (χ0v) is 18.1. The van der Waals surface area contributed by atoms with Gasteiger partial charge < -0.3 is 10.6 Å². The molecule has 8 heteroatoms. The van der Waals surface area contributed by atoms with Crippen LogP contribution in [0.4, 0.5) is 22.7 Å². The number of pyridine rings is 1. The van der Waals surface area contributed by atoms with E-state index in [1.54, 1.807) is 42.6 Å². The van der Waals surface area contributed by atoms with Gasteiger partial charge >= 0.3 is 0 Å². The van der Waals surface area contributed by atoms with Crippen molar-refractivity contribution < 1.29 is 14.4 Å². The first kappa shape index (κ1) is 22.0. The maximum absolute atomic E-state index is 13.0. The first-order valence-corrected chi connectivity index (χ1v) is 10.1. The molecule has 1 aliphatic heterocycles. The van der Waals surface area contributed by atoms with E-state index < -0.39 is 0 Å². The zero-order valence-electron chi connectivity index (χ0n) is 17.3. The number of anilines is 4. The highest BCUT2D eigenvalue weighted by Crippen LogP contribution is 2.40. The third kappa shape index (κ3) is 4.26. The molecule has 1 aromatic heterocycles. The van der Waals surface area contributed by atoms with E-state index in [0.29, 0.717) is 28.3 Å². The molecule has 3 amide bonds. The fourth-order valence-electron chi connectivity index (χ4n) is 3.79. The third-order valence-electron chi connectivity index (χ3n) is 5.28. The largest absolute Gasteiger partial charge is 0.323 e. The van der Waals surface area contributed by atoms with Crippen molar-refractivity contribution in [3.05, 3.63) is 90.8 Å². The normalized spacial score (nSPS) is 12.9. The number of carbonyl (C=O) groups is 3. The summed E-state index contributed by atoms with van der Waals surface area (Å²) in [5.74, 6) is -0.956. The van der Waals surface area contributed by atoms with Gasteiger partial charge in [0.05, 0.1) is 16.9 Å². The Hall–Kier alpha value is -4.23. The van der Waals surface area contributed by atoms with E-state index >= 15 is 0 Å². The molecule has 0 fully saturated rings. The fourth-order valence-corrected chi connectivity index (χ4v) is 3.79. The lowest BCUT2D eigenvalue weighted by molar-refractivity contribution is -0.124. The second kappa shape index (κ2) is 9.10. The number of aromatic nitrogens is 1. The quantitative estimate of drug-likeness (QED) is 0.426. The van der Waals surface area contributed by atoms with Gasteiger partial charge in [-0.15, -0.1) is 12.4 Å². The summed E-state index contributed by atoms with van der Waals surface area (Å²) in [6, 6.07) is 21.7. The molecular formula is C25H19ClN4O3. The first-order valence-electron chi connectivity index (χ1n) is 10.1. The third-order valence-corrected chi connectivity index (χ3v) is 5.28. The Morgan fingerprint density at radius 2 is 1.73 bits per heavy atom. The molecule has 5 rings (SSSR count). The van der Waals surface area contributed by atoms with Crippen molar-refractivity contribution in [2.45, 2.75) is 6.42 Å². The molecule has 2 heterocycles. The molecule has 0 saturated carbocycles. The number of fused-ring (bicyclic) bond motifs is 3. The van der Waals surface area contributed by atoms with E-state index in [9.17, 15) is 14.4 Å². The molecule has 3 aromatic carbocycles. The summed E-state index contributed by atoms with van der Waals surface area (Å²) in [5.41, 5.74) is 2.84. The van der Waals surface area contributed by atoms with Crippen molar-refractivity contribution >= 4 is 63.7 Å². The monoisotopic (exact) mass is 458 g/mol. The first-order chi connectivity index (χ1) is 15.6. The predicted octanol–water partition coefficient (Wildman–Crippen LogP) is 4.92. The SMILES string of the molecule is Cl.O=C1CC(=O)N(c2ccc(NC(=O)c3cccnc3)cc2)c2ccc3ccccc3c2N1. The van der Waals surface area contributed by atoms with Gasteiger partial charge in [-0.1, -0.05) is 30.3 Å². The van der Waals surface area contributed by atoms with Gasteiger partial charge in [-0.05, 0) is 47.9 Å². The van der Waals surface area contributed by atoms with Crippen LogP contribution in [0.5, 0.6) is 0 Å². The Labute approximate surface area is 195 Å². The van der Waals surface area contributed by atoms with Crippen LogP contribution in [0.2, 0.25) is 0 Å². The molecule has 4 aromatic rings. The van der Waals surface area contributed by atoms with Gasteiger partial charge in [-0.25, -0.2) is 0 Å². The van der Waals surface area contributed by atoms with Gasteiger partial charge in [-0.2, -0.15) is 0 Å². The number of rotatable bonds is 3. The summed E-state index contributed by atoms with van der Waals surface area (Å²) in [4.78, 5) is 43.2. The van der Waals surface area contributed by atoms with E-state index in [4.69, 9.17) is 0 Å². The molecule has 0 atom stereocenters. The van der Waals surface area contributed by atoms with E-state index in [1.807, 2.05) is 36.4 Å². The van der Waals surface area contributed by atoms with Crippen LogP contribution in [0, 0.1) is 0 Å². The molecule has 0 unspecified atom stereocenters. The summed E-state index contributed by atoms with van der Waals surface area (Å²) in [6.07, 6.45) is 2.83. The molecule has 1 aliphatic rings. The molecule has 164 valence electrons. The summed E-state index contributed by atoms with van der Waals surface area (Å²) < 4.78 is 0. The predicted molar refractivity (Wildman–Crippen MR) is 130 cm³/mol. The molecule has 0 spiro atoms. The van der Waals surface area contributed by atoms with Gasteiger partial charge in [0, 0.05) is 29.2 Å². The lowest BCUT2D eigenvalue weighted by atomic mass is 10.1. The van der Waals surface area contributed by atoms with Gasteiger partial charge in [0.2, 0.25) is 11.8 Å². The minimum atomic E-state index is -0.351. The second-order valence-corrected chi connectivity index (χ2v) is 7.38. The number of hydrogen-bond donors (Lipinski definition) is 2. The van der Waals surface area contributed by atoms with Crippen molar-refractivity contribution in [3.8, 4) is 0 Å². The van der Waals surface area contributed by atoms with Crippen LogP contribution in [-0.2, 0) is 9.59 Å². The molecule has 2 N–H and O–H groups in total. The average molecular weight is 459 g/mol. The van der Waals surface area contributed by atoms with E-state index in [1.165, 1.54) is 11.1 Å². The van der Waals surface area contributed by atoms with Crippen molar-refractivity contribution in [2.24, 2.45) is 0 Å². The number of nitrogens with zero attached hydrogens (tertiary/aromatic N) is 2. The van der Waals surface area contributed by atoms with Gasteiger partial charge in [0.25, 0.3) is 5.91 Å². The number of benzene rings is 3. The molecule has 0 bridgehead atoms. The summed E-state index contributed by atoms with van der Waals surface area (Å²) in [6.45, 7) is 0. The molecule has 0 radical (unpaired) electrons. The minimum absolute atomic E-state index is 0. The number of carbonyl (C=O) groups excluding carboxylic acids is 3. The second-order valence-electron chi connectivity index (χ2n) is 7.38. The van der Waals surface area contributed by atoms with Crippen LogP contribution in [0.15, 0.2) is 85.2 Å². The maximum Gasteiger partial charge on any atom is 0.257 e. The highest BCUT2D eigenvalue weighted by molar-refractivity contribution is 6.21. The van der Waals surface area contributed by atoms with Crippen LogP contribution < -0.4 is 15.5 Å². The zero-order chi connectivity index (χ0) is 22.1. The van der Waals surface area contributed by atoms with Crippen molar-refractivity contribution in [1.29, 1.82) is 0 Å². The van der Waals surface area contributed by atoms with E-state index in [2.05, 4.69) is 15.6 Å². The smallest absolute Gasteiger partial charge is 0.257 e.